The zero-order valence-corrected chi connectivity index (χ0v) is 11.7. The maximum absolute atomic E-state index is 12.5. The minimum absolute atomic E-state index is 0.172. The summed E-state index contributed by atoms with van der Waals surface area (Å²) in [6.07, 6.45) is 5.62. The second-order valence-electron chi connectivity index (χ2n) is 5.85. The molecule has 1 unspecified atom stereocenters. The molecule has 0 saturated heterocycles. The summed E-state index contributed by atoms with van der Waals surface area (Å²) in [7, 11) is 0. The van der Waals surface area contributed by atoms with E-state index in [2.05, 4.69) is 20.8 Å². The zero-order valence-electron chi connectivity index (χ0n) is 11.7. The molecule has 17 heavy (non-hydrogen) atoms. The Labute approximate surface area is 106 Å². The summed E-state index contributed by atoms with van der Waals surface area (Å²) >= 11 is 0. The summed E-state index contributed by atoms with van der Waals surface area (Å²) in [6, 6.07) is 0. The first-order chi connectivity index (χ1) is 8.03. The van der Waals surface area contributed by atoms with Crippen LogP contribution in [0, 0.1) is 11.3 Å². The van der Waals surface area contributed by atoms with Gasteiger partial charge in [0, 0.05) is 19.0 Å². The number of hydrogen-bond donors (Lipinski definition) is 1. The third-order valence-electron chi connectivity index (χ3n) is 4.13. The summed E-state index contributed by atoms with van der Waals surface area (Å²) in [6.45, 7) is 8.84. The van der Waals surface area contributed by atoms with Gasteiger partial charge in [-0.15, -0.1) is 0 Å². The van der Waals surface area contributed by atoms with Crippen molar-refractivity contribution in [2.24, 2.45) is 17.1 Å². The van der Waals surface area contributed by atoms with Gasteiger partial charge >= 0.3 is 0 Å². The van der Waals surface area contributed by atoms with Gasteiger partial charge in [-0.3, -0.25) is 4.79 Å². The largest absolute Gasteiger partial charge is 0.343 e. The van der Waals surface area contributed by atoms with Crippen LogP contribution in [-0.2, 0) is 4.79 Å². The average molecular weight is 240 g/mol. The van der Waals surface area contributed by atoms with E-state index in [-0.39, 0.29) is 11.3 Å². The van der Waals surface area contributed by atoms with Crippen molar-refractivity contribution in [1.82, 2.24) is 4.90 Å². The molecule has 100 valence electrons. The predicted octanol–water partition coefficient (Wildman–Crippen LogP) is 2.40. The Bertz CT molecular complexity index is 251. The average Bonchev–Trinajstić information content (AvgIpc) is 2.29. The normalized spacial score (nSPS) is 23.4. The van der Waals surface area contributed by atoms with E-state index in [1.54, 1.807) is 0 Å². The molecule has 0 aromatic heterocycles. The fourth-order valence-corrected chi connectivity index (χ4v) is 2.88. The molecule has 3 heteroatoms. The van der Waals surface area contributed by atoms with E-state index in [1.165, 1.54) is 19.3 Å². The van der Waals surface area contributed by atoms with E-state index in [4.69, 9.17) is 5.73 Å². The van der Waals surface area contributed by atoms with E-state index in [0.29, 0.717) is 12.5 Å². The maximum atomic E-state index is 12.5. The number of amides is 1. The zero-order chi connectivity index (χ0) is 12.9. The molecule has 1 amide bonds. The molecular formula is C14H28N2O. The lowest BCUT2D eigenvalue weighted by Crippen LogP contribution is -2.44. The number of rotatable bonds is 5. The van der Waals surface area contributed by atoms with Crippen LogP contribution >= 0.6 is 0 Å². The third kappa shape index (κ3) is 3.70. The molecular weight excluding hydrogens is 212 g/mol. The Morgan fingerprint density at radius 1 is 1.41 bits per heavy atom. The van der Waals surface area contributed by atoms with Crippen LogP contribution in [0.5, 0.6) is 0 Å². The van der Waals surface area contributed by atoms with E-state index in [0.717, 1.165) is 25.9 Å². The summed E-state index contributed by atoms with van der Waals surface area (Å²) in [5.41, 5.74) is 5.70. The molecule has 1 fully saturated rings. The first-order valence-electron chi connectivity index (χ1n) is 7.01. The molecule has 1 saturated carbocycles. The van der Waals surface area contributed by atoms with E-state index >= 15 is 0 Å². The van der Waals surface area contributed by atoms with E-state index < -0.39 is 0 Å². The molecule has 0 radical (unpaired) electrons. The molecule has 3 nitrogen and oxygen atoms in total. The molecule has 0 aromatic carbocycles. The Balaban J connectivity index is 2.65. The molecule has 0 heterocycles. The van der Waals surface area contributed by atoms with Gasteiger partial charge in [0.05, 0.1) is 0 Å². The molecule has 2 N–H and O–H groups in total. The first kappa shape index (κ1) is 14.5. The minimum Gasteiger partial charge on any atom is -0.343 e. The van der Waals surface area contributed by atoms with E-state index in [9.17, 15) is 4.79 Å². The van der Waals surface area contributed by atoms with Crippen LogP contribution in [0.15, 0.2) is 0 Å². The highest BCUT2D eigenvalue weighted by atomic mass is 16.2. The monoisotopic (exact) mass is 240 g/mol. The summed E-state index contributed by atoms with van der Waals surface area (Å²) < 4.78 is 0. The molecule has 0 aromatic rings. The smallest absolute Gasteiger partial charge is 0.226 e. The van der Waals surface area contributed by atoms with Gasteiger partial charge in [-0.2, -0.15) is 0 Å². The Morgan fingerprint density at radius 3 is 2.65 bits per heavy atom. The van der Waals surface area contributed by atoms with Gasteiger partial charge in [-0.05, 0) is 38.1 Å². The Hall–Kier alpha value is -0.570. The van der Waals surface area contributed by atoms with E-state index in [1.807, 2.05) is 4.90 Å². The van der Waals surface area contributed by atoms with Crippen molar-refractivity contribution in [2.45, 2.75) is 52.9 Å². The summed E-state index contributed by atoms with van der Waals surface area (Å²) in [5, 5.41) is 0. The number of carbonyl (C=O) groups is 1. The van der Waals surface area contributed by atoms with Crippen molar-refractivity contribution in [3.63, 3.8) is 0 Å². The van der Waals surface area contributed by atoms with Gasteiger partial charge in [0.25, 0.3) is 0 Å². The fourth-order valence-electron chi connectivity index (χ4n) is 2.88. The van der Waals surface area contributed by atoms with Crippen molar-refractivity contribution in [1.29, 1.82) is 0 Å². The van der Waals surface area contributed by atoms with Gasteiger partial charge in [-0.25, -0.2) is 0 Å². The van der Waals surface area contributed by atoms with Crippen LogP contribution in [0.4, 0.5) is 0 Å². The van der Waals surface area contributed by atoms with Gasteiger partial charge in [0.15, 0.2) is 0 Å². The lowest BCUT2D eigenvalue weighted by molar-refractivity contribution is -0.141. The van der Waals surface area contributed by atoms with Gasteiger partial charge in [0.2, 0.25) is 5.91 Å². The molecule has 1 aliphatic carbocycles. The molecule has 1 aliphatic rings. The number of carbonyl (C=O) groups excluding carboxylic acids is 1. The highest BCUT2D eigenvalue weighted by Gasteiger charge is 2.38. The van der Waals surface area contributed by atoms with Crippen LogP contribution in [0.25, 0.3) is 0 Å². The summed E-state index contributed by atoms with van der Waals surface area (Å²) in [5.74, 6) is 0.569. The highest BCUT2D eigenvalue weighted by molar-refractivity contribution is 5.79. The quantitative estimate of drug-likeness (QED) is 0.802. The van der Waals surface area contributed by atoms with Crippen LogP contribution in [0.3, 0.4) is 0 Å². The van der Waals surface area contributed by atoms with Crippen molar-refractivity contribution in [3.05, 3.63) is 0 Å². The second kappa shape index (κ2) is 6.39. The van der Waals surface area contributed by atoms with Gasteiger partial charge in [0.1, 0.15) is 0 Å². The number of hydrogen-bond acceptors (Lipinski definition) is 2. The van der Waals surface area contributed by atoms with Crippen LogP contribution in [0.1, 0.15) is 52.9 Å². The minimum atomic E-state index is 0.172. The van der Waals surface area contributed by atoms with Crippen molar-refractivity contribution in [3.8, 4) is 0 Å². The SMILES string of the molecule is CCN(CCCN)C(=O)C1CCCCC1(C)C. The number of nitrogens with two attached hydrogens (primary N) is 1. The Morgan fingerprint density at radius 2 is 2.12 bits per heavy atom. The number of nitrogens with zero attached hydrogens (tertiary/aromatic N) is 1. The lowest BCUT2D eigenvalue weighted by atomic mass is 9.68. The van der Waals surface area contributed by atoms with Crippen LogP contribution in [0.2, 0.25) is 0 Å². The van der Waals surface area contributed by atoms with Crippen molar-refractivity contribution in [2.75, 3.05) is 19.6 Å². The van der Waals surface area contributed by atoms with Crippen LogP contribution in [-0.4, -0.2) is 30.4 Å². The maximum Gasteiger partial charge on any atom is 0.226 e. The summed E-state index contributed by atoms with van der Waals surface area (Å²) in [4.78, 5) is 14.5. The second-order valence-corrected chi connectivity index (χ2v) is 5.85. The molecule has 0 bridgehead atoms. The van der Waals surface area contributed by atoms with Crippen LogP contribution < -0.4 is 5.73 Å². The third-order valence-corrected chi connectivity index (χ3v) is 4.13. The fraction of sp³-hybridized carbons (Fsp3) is 0.929. The lowest BCUT2D eigenvalue weighted by Gasteiger charge is -2.40. The first-order valence-corrected chi connectivity index (χ1v) is 7.01. The molecule has 1 atom stereocenters. The standard InChI is InChI=1S/C14H28N2O/c1-4-16(11-7-10-15)13(17)12-8-5-6-9-14(12,2)3/h12H,4-11,15H2,1-3H3. The Kier molecular flexibility index (Phi) is 5.44. The van der Waals surface area contributed by atoms with Crippen molar-refractivity contribution < 1.29 is 4.79 Å². The topological polar surface area (TPSA) is 46.3 Å². The predicted molar refractivity (Wildman–Crippen MR) is 71.7 cm³/mol. The van der Waals surface area contributed by atoms with Gasteiger partial charge in [-0.1, -0.05) is 26.7 Å². The van der Waals surface area contributed by atoms with Gasteiger partial charge < -0.3 is 10.6 Å². The van der Waals surface area contributed by atoms with Crippen molar-refractivity contribution >= 4 is 5.91 Å². The highest BCUT2D eigenvalue weighted by Crippen LogP contribution is 2.41. The molecule has 1 rings (SSSR count). The molecule has 0 spiro atoms. The molecule has 0 aliphatic heterocycles.